The predicted molar refractivity (Wildman–Crippen MR) is 104 cm³/mol. The predicted octanol–water partition coefficient (Wildman–Crippen LogP) is 2.52. The number of aromatic nitrogens is 3. The van der Waals surface area contributed by atoms with Gasteiger partial charge in [0.1, 0.15) is 4.60 Å². The lowest BCUT2D eigenvalue weighted by Crippen LogP contribution is -2.35. The summed E-state index contributed by atoms with van der Waals surface area (Å²) in [6.45, 7) is 1.79. The Bertz CT molecular complexity index is 924. The molecule has 1 saturated carbocycles. The Kier molecular flexibility index (Phi) is 4.26. The molecular formula is C20H21BrN4O2. The second kappa shape index (κ2) is 6.65. The number of piperidine rings is 1. The molecule has 4 heterocycles. The van der Waals surface area contributed by atoms with E-state index in [0.717, 1.165) is 40.9 Å². The highest BCUT2D eigenvalue weighted by Crippen LogP contribution is 2.55. The number of nitrogens with one attached hydrogen (secondary N) is 1. The maximum atomic E-state index is 12.9. The van der Waals surface area contributed by atoms with E-state index in [-0.39, 0.29) is 17.2 Å². The highest BCUT2D eigenvalue weighted by molar-refractivity contribution is 9.10. The summed E-state index contributed by atoms with van der Waals surface area (Å²) in [6.07, 6.45) is 8.32. The van der Waals surface area contributed by atoms with Gasteiger partial charge in [-0.1, -0.05) is 12.1 Å². The first-order valence-electron chi connectivity index (χ1n) is 9.32. The Morgan fingerprint density at radius 3 is 3.15 bits per heavy atom. The minimum absolute atomic E-state index is 0.0962. The molecule has 1 aliphatic carbocycles. The second-order valence-electron chi connectivity index (χ2n) is 7.78. The minimum atomic E-state index is -0.0962. The number of hydrogen-bond acceptors (Lipinski definition) is 5. The fourth-order valence-electron chi connectivity index (χ4n) is 4.32. The van der Waals surface area contributed by atoms with Gasteiger partial charge in [-0.2, -0.15) is 5.10 Å². The van der Waals surface area contributed by atoms with Gasteiger partial charge in [0.2, 0.25) is 0 Å². The van der Waals surface area contributed by atoms with E-state index in [1.54, 1.807) is 0 Å². The Morgan fingerprint density at radius 1 is 1.30 bits per heavy atom. The summed E-state index contributed by atoms with van der Waals surface area (Å²) in [5.74, 6) is 0.210. The highest BCUT2D eigenvalue weighted by atomic mass is 79.9. The average Bonchev–Trinajstić information content (AvgIpc) is 2.97. The summed E-state index contributed by atoms with van der Waals surface area (Å²) in [5.41, 5.74) is 2.87. The van der Waals surface area contributed by atoms with E-state index in [9.17, 15) is 4.79 Å². The number of nitrogens with zero attached hydrogens (tertiary/aromatic N) is 3. The van der Waals surface area contributed by atoms with Crippen molar-refractivity contribution in [2.75, 3.05) is 6.61 Å². The molecule has 1 N–H and O–H groups in total. The fourth-order valence-corrected chi connectivity index (χ4v) is 4.67. The number of ether oxygens (including phenoxy) is 1. The molecule has 2 aliphatic heterocycles. The molecule has 140 valence electrons. The van der Waals surface area contributed by atoms with Crippen molar-refractivity contribution >= 4 is 27.8 Å². The normalized spacial score (nSPS) is 31.2. The van der Waals surface area contributed by atoms with Crippen LogP contribution < -0.4 is 5.32 Å². The van der Waals surface area contributed by atoms with E-state index in [4.69, 9.17) is 4.74 Å². The molecule has 27 heavy (non-hydrogen) atoms. The zero-order valence-corrected chi connectivity index (χ0v) is 16.5. The number of halogens is 1. The lowest BCUT2D eigenvalue weighted by molar-refractivity contribution is -0.120. The molecule has 1 spiro atoms. The Morgan fingerprint density at radius 2 is 2.22 bits per heavy atom. The van der Waals surface area contributed by atoms with E-state index >= 15 is 0 Å². The molecule has 6 nitrogen and oxygen atoms in total. The summed E-state index contributed by atoms with van der Waals surface area (Å²) in [7, 11) is 0. The first-order valence-corrected chi connectivity index (χ1v) is 10.1. The van der Waals surface area contributed by atoms with Gasteiger partial charge in [-0.3, -0.25) is 9.48 Å². The molecule has 0 unspecified atom stereocenters. The average molecular weight is 429 g/mol. The Labute approximate surface area is 166 Å². The lowest BCUT2D eigenvalue weighted by Gasteiger charge is -2.16. The highest BCUT2D eigenvalue weighted by Gasteiger charge is 2.61. The van der Waals surface area contributed by atoms with E-state index in [2.05, 4.69) is 31.3 Å². The zero-order chi connectivity index (χ0) is 18.4. The number of Topliss-reactive ketones (excluding diaryl/α,β-unsaturated/α-hetero) is 1. The van der Waals surface area contributed by atoms with Gasteiger partial charge in [0.25, 0.3) is 0 Å². The molecule has 2 aromatic rings. The molecule has 2 aromatic heterocycles. The number of rotatable bonds is 0. The van der Waals surface area contributed by atoms with Crippen molar-refractivity contribution in [1.29, 1.82) is 0 Å². The van der Waals surface area contributed by atoms with Crippen LogP contribution in [0.2, 0.25) is 0 Å². The van der Waals surface area contributed by atoms with Crippen LogP contribution in [0.5, 0.6) is 0 Å². The largest absolute Gasteiger partial charge is 0.373 e. The minimum Gasteiger partial charge on any atom is -0.373 e. The van der Waals surface area contributed by atoms with Crippen LogP contribution in [0.1, 0.15) is 29.8 Å². The third-order valence-electron chi connectivity index (χ3n) is 5.87. The van der Waals surface area contributed by atoms with Gasteiger partial charge in [-0.05, 0) is 52.5 Å². The van der Waals surface area contributed by atoms with Gasteiger partial charge >= 0.3 is 0 Å². The summed E-state index contributed by atoms with van der Waals surface area (Å²) in [5, 5.41) is 8.17. The molecule has 3 atom stereocenters. The van der Waals surface area contributed by atoms with E-state index < -0.39 is 0 Å². The van der Waals surface area contributed by atoms with Gasteiger partial charge < -0.3 is 10.1 Å². The summed E-state index contributed by atoms with van der Waals surface area (Å²) >= 11 is 3.42. The van der Waals surface area contributed by atoms with Crippen molar-refractivity contribution in [2.24, 2.45) is 5.41 Å². The molecule has 3 aliphatic rings. The van der Waals surface area contributed by atoms with Crippen LogP contribution in [0.25, 0.3) is 6.08 Å². The molecule has 7 heteroatoms. The van der Waals surface area contributed by atoms with Gasteiger partial charge in [0.05, 0.1) is 37.1 Å². The summed E-state index contributed by atoms with van der Waals surface area (Å²) in [4.78, 5) is 17.5. The van der Waals surface area contributed by atoms with Gasteiger partial charge in [0, 0.05) is 24.2 Å². The van der Waals surface area contributed by atoms with Crippen LogP contribution in [0.3, 0.4) is 0 Å². The van der Waals surface area contributed by atoms with Crippen LogP contribution in [0.4, 0.5) is 0 Å². The number of carbonyl (C=O) groups excluding carboxylic acids is 1. The first-order chi connectivity index (χ1) is 13.1. The molecule has 0 radical (unpaired) electrons. The van der Waals surface area contributed by atoms with Crippen molar-refractivity contribution in [1.82, 2.24) is 20.1 Å². The van der Waals surface area contributed by atoms with Crippen LogP contribution in [0, 0.1) is 5.41 Å². The number of carbonyl (C=O) groups is 1. The third kappa shape index (κ3) is 3.39. The van der Waals surface area contributed by atoms with E-state index in [1.165, 1.54) is 0 Å². The number of pyridine rings is 1. The van der Waals surface area contributed by atoms with Crippen LogP contribution in [0.15, 0.2) is 35.1 Å². The monoisotopic (exact) mass is 428 g/mol. The van der Waals surface area contributed by atoms with E-state index in [1.807, 2.05) is 41.2 Å². The zero-order valence-electron chi connectivity index (χ0n) is 14.9. The molecular weight excluding hydrogens is 408 g/mol. The number of hydrogen-bond donors (Lipinski definition) is 1. The molecule has 0 amide bonds. The van der Waals surface area contributed by atoms with Crippen LogP contribution >= 0.6 is 15.9 Å². The van der Waals surface area contributed by atoms with Crippen molar-refractivity contribution in [3.05, 3.63) is 52.0 Å². The van der Waals surface area contributed by atoms with Crippen molar-refractivity contribution in [3.63, 3.8) is 0 Å². The molecule has 2 fully saturated rings. The topological polar surface area (TPSA) is 69.0 Å². The van der Waals surface area contributed by atoms with Gasteiger partial charge in [-0.15, -0.1) is 0 Å². The first kappa shape index (κ1) is 17.3. The lowest BCUT2D eigenvalue weighted by atomic mass is 9.95. The molecule has 0 aromatic carbocycles. The number of ketones is 1. The molecule has 5 rings (SSSR count). The van der Waals surface area contributed by atoms with Crippen molar-refractivity contribution in [3.8, 4) is 0 Å². The van der Waals surface area contributed by atoms with E-state index in [0.29, 0.717) is 25.7 Å². The Balaban J connectivity index is 1.44. The smallest absolute Gasteiger partial charge is 0.155 e. The maximum Gasteiger partial charge on any atom is 0.155 e. The third-order valence-corrected chi connectivity index (χ3v) is 6.31. The number of fused-ring (bicyclic) bond motifs is 4. The van der Waals surface area contributed by atoms with Crippen molar-refractivity contribution in [2.45, 2.75) is 44.5 Å². The summed E-state index contributed by atoms with van der Waals surface area (Å²) < 4.78 is 8.52. The molecule has 4 bridgehead atoms. The summed E-state index contributed by atoms with van der Waals surface area (Å²) in [6, 6.07) is 6.22. The molecule has 1 saturated heterocycles. The Hall–Kier alpha value is -1.83. The fraction of sp³-hybridized carbons (Fsp3) is 0.450. The second-order valence-corrected chi connectivity index (χ2v) is 8.59. The van der Waals surface area contributed by atoms with Crippen LogP contribution in [-0.4, -0.2) is 39.2 Å². The van der Waals surface area contributed by atoms with Crippen LogP contribution in [-0.2, 0) is 29.1 Å². The van der Waals surface area contributed by atoms with Gasteiger partial charge in [-0.25, -0.2) is 4.98 Å². The SMILES string of the molecule is O=C1Cc2nc(Br)ccc2COC/C=C\c2ccn(n2)C[C@@]23C[C@@H]1N[C@@H]2C3. The maximum absolute atomic E-state index is 12.9. The quantitative estimate of drug-likeness (QED) is 0.652. The van der Waals surface area contributed by atoms with Gasteiger partial charge in [0.15, 0.2) is 5.78 Å². The standard InChI is InChI=1S/C20H21BrN4O2/c21-19-4-3-13-11-27-7-1-2-14-5-6-25(24-14)12-20-9-16(22-18(20)10-20)17(26)8-15(13)23-19/h1-6,16,18,22H,7-12H2/b2-1-/t16-,18+,20-/m0/s1. The van der Waals surface area contributed by atoms with Crippen molar-refractivity contribution < 1.29 is 9.53 Å².